The van der Waals surface area contributed by atoms with E-state index in [0.29, 0.717) is 10.6 Å². The largest absolute Gasteiger partial charge is 0.353 e. The van der Waals surface area contributed by atoms with Crippen molar-refractivity contribution in [3.63, 3.8) is 0 Å². The molecule has 1 saturated heterocycles. The molecule has 0 bridgehead atoms. The Morgan fingerprint density at radius 2 is 2.21 bits per heavy atom. The monoisotopic (exact) mass is 213 g/mol. The Kier molecular flexibility index (Phi) is 1.97. The first kappa shape index (κ1) is 9.43. The SMILES string of the molecule is CC1([N+](=O)[O-])OC1c1ccccc1Cl. The highest BCUT2D eigenvalue weighted by Gasteiger charge is 2.66. The summed E-state index contributed by atoms with van der Waals surface area (Å²) in [5, 5.41) is 11.1. The van der Waals surface area contributed by atoms with Gasteiger partial charge >= 0.3 is 5.72 Å². The third kappa shape index (κ3) is 1.27. The van der Waals surface area contributed by atoms with Gasteiger partial charge in [-0.3, -0.25) is 14.9 Å². The zero-order valence-electron chi connectivity index (χ0n) is 7.44. The summed E-state index contributed by atoms with van der Waals surface area (Å²) in [5.41, 5.74) is -0.626. The number of ether oxygens (including phenoxy) is 1. The predicted octanol–water partition coefficient (Wildman–Crippen LogP) is 2.40. The number of nitrogens with zero attached hydrogens (tertiary/aromatic N) is 1. The fourth-order valence-electron chi connectivity index (χ4n) is 1.38. The molecule has 1 aromatic rings. The van der Waals surface area contributed by atoms with Crippen molar-refractivity contribution < 1.29 is 9.66 Å². The third-order valence-electron chi connectivity index (χ3n) is 2.34. The van der Waals surface area contributed by atoms with E-state index in [1.807, 2.05) is 0 Å². The topological polar surface area (TPSA) is 55.7 Å². The molecule has 2 unspecified atom stereocenters. The molecule has 0 amide bonds. The van der Waals surface area contributed by atoms with Crippen molar-refractivity contribution >= 4 is 11.6 Å². The standard InChI is InChI=1S/C9H8ClNO3/c1-9(11(12)13)8(14-9)6-4-2-3-5-7(6)10/h2-5,8H,1H3. The number of hydrogen-bond acceptors (Lipinski definition) is 3. The van der Waals surface area contributed by atoms with E-state index in [4.69, 9.17) is 16.3 Å². The van der Waals surface area contributed by atoms with Crippen molar-refractivity contribution in [2.24, 2.45) is 0 Å². The summed E-state index contributed by atoms with van der Waals surface area (Å²) in [5.74, 6) is 0. The van der Waals surface area contributed by atoms with Crippen molar-refractivity contribution in [1.29, 1.82) is 0 Å². The Hall–Kier alpha value is -1.13. The lowest BCUT2D eigenvalue weighted by atomic mass is 10.1. The molecular weight excluding hydrogens is 206 g/mol. The maximum absolute atomic E-state index is 10.6. The normalized spacial score (nSPS) is 30.0. The quantitative estimate of drug-likeness (QED) is 0.431. The first-order chi connectivity index (χ1) is 6.55. The summed E-state index contributed by atoms with van der Waals surface area (Å²) in [6.45, 7) is 1.45. The lowest BCUT2D eigenvalue weighted by Crippen LogP contribution is -2.19. The number of halogens is 1. The van der Waals surface area contributed by atoms with Crippen LogP contribution in [0.3, 0.4) is 0 Å². The molecule has 74 valence electrons. The van der Waals surface area contributed by atoms with Gasteiger partial charge in [-0.15, -0.1) is 0 Å². The Balaban J connectivity index is 2.29. The van der Waals surface area contributed by atoms with Gasteiger partial charge in [0.05, 0.1) is 4.92 Å². The predicted molar refractivity (Wildman–Crippen MR) is 50.7 cm³/mol. The van der Waals surface area contributed by atoms with Crippen LogP contribution in [0, 0.1) is 10.1 Å². The van der Waals surface area contributed by atoms with Gasteiger partial charge in [0.25, 0.3) is 0 Å². The van der Waals surface area contributed by atoms with Gasteiger partial charge in [-0.25, -0.2) is 0 Å². The lowest BCUT2D eigenvalue weighted by molar-refractivity contribution is -0.558. The van der Waals surface area contributed by atoms with E-state index in [0.717, 1.165) is 0 Å². The Labute approximate surface area is 85.6 Å². The summed E-state index contributed by atoms with van der Waals surface area (Å²) in [4.78, 5) is 10.2. The number of hydrogen-bond donors (Lipinski definition) is 0. The summed E-state index contributed by atoms with van der Waals surface area (Å²) >= 11 is 5.89. The zero-order chi connectivity index (χ0) is 10.3. The van der Waals surface area contributed by atoms with Crippen LogP contribution in [-0.4, -0.2) is 10.6 Å². The Morgan fingerprint density at radius 1 is 1.57 bits per heavy atom. The van der Waals surface area contributed by atoms with Gasteiger partial charge in [0.15, 0.2) is 6.10 Å². The highest BCUT2D eigenvalue weighted by molar-refractivity contribution is 6.31. The third-order valence-corrected chi connectivity index (χ3v) is 2.68. The van der Waals surface area contributed by atoms with E-state index in [2.05, 4.69) is 0 Å². The lowest BCUT2D eigenvalue weighted by Gasteiger charge is -1.99. The second-order valence-electron chi connectivity index (χ2n) is 3.33. The molecule has 1 aliphatic heterocycles. The molecule has 1 aliphatic rings. The van der Waals surface area contributed by atoms with Gasteiger partial charge in [0.1, 0.15) is 0 Å². The summed E-state index contributed by atoms with van der Waals surface area (Å²) < 4.78 is 5.05. The number of benzene rings is 1. The minimum Gasteiger partial charge on any atom is -0.294 e. The van der Waals surface area contributed by atoms with Gasteiger partial charge in [-0.05, 0) is 6.07 Å². The van der Waals surface area contributed by atoms with Crippen molar-refractivity contribution in [2.45, 2.75) is 18.8 Å². The maximum Gasteiger partial charge on any atom is 0.353 e. The molecule has 1 heterocycles. The van der Waals surface area contributed by atoms with Gasteiger partial charge in [0, 0.05) is 17.5 Å². The molecule has 14 heavy (non-hydrogen) atoms. The van der Waals surface area contributed by atoms with Gasteiger partial charge < -0.3 is 0 Å². The average Bonchev–Trinajstić information content (AvgIpc) is 2.80. The van der Waals surface area contributed by atoms with E-state index >= 15 is 0 Å². The summed E-state index contributed by atoms with van der Waals surface area (Å²) in [6, 6.07) is 6.99. The zero-order valence-corrected chi connectivity index (χ0v) is 8.19. The highest BCUT2D eigenvalue weighted by Crippen LogP contribution is 2.51. The van der Waals surface area contributed by atoms with Crippen molar-refractivity contribution in [1.82, 2.24) is 0 Å². The van der Waals surface area contributed by atoms with Crippen LogP contribution in [0.15, 0.2) is 24.3 Å². The molecule has 0 saturated carbocycles. The van der Waals surface area contributed by atoms with Crippen LogP contribution in [0.25, 0.3) is 0 Å². The van der Waals surface area contributed by atoms with Gasteiger partial charge in [-0.1, -0.05) is 29.8 Å². The Morgan fingerprint density at radius 3 is 2.71 bits per heavy atom. The van der Waals surface area contributed by atoms with Crippen LogP contribution < -0.4 is 0 Å². The minimum absolute atomic E-state index is 0.430. The molecule has 0 aromatic heterocycles. The fraction of sp³-hybridized carbons (Fsp3) is 0.333. The highest BCUT2D eigenvalue weighted by atomic mass is 35.5. The second-order valence-corrected chi connectivity index (χ2v) is 3.74. The van der Waals surface area contributed by atoms with Crippen LogP contribution in [0.5, 0.6) is 0 Å². The van der Waals surface area contributed by atoms with E-state index in [1.165, 1.54) is 6.92 Å². The molecule has 4 nitrogen and oxygen atoms in total. The molecule has 0 N–H and O–H groups in total. The molecule has 2 rings (SSSR count). The first-order valence-electron chi connectivity index (χ1n) is 4.12. The molecular formula is C9H8ClNO3. The second kappa shape index (κ2) is 2.93. The number of rotatable bonds is 2. The molecule has 1 aromatic carbocycles. The number of nitro groups is 1. The average molecular weight is 214 g/mol. The van der Waals surface area contributed by atoms with Crippen LogP contribution in [0.4, 0.5) is 0 Å². The molecule has 0 radical (unpaired) electrons. The van der Waals surface area contributed by atoms with Crippen LogP contribution in [0.1, 0.15) is 18.6 Å². The minimum atomic E-state index is -1.30. The smallest absolute Gasteiger partial charge is 0.294 e. The molecule has 5 heteroatoms. The summed E-state index contributed by atoms with van der Waals surface area (Å²) in [6.07, 6.45) is -0.522. The van der Waals surface area contributed by atoms with Crippen molar-refractivity contribution in [3.05, 3.63) is 45.0 Å². The molecule has 2 atom stereocenters. The van der Waals surface area contributed by atoms with Crippen molar-refractivity contribution in [3.8, 4) is 0 Å². The van der Waals surface area contributed by atoms with Gasteiger partial charge in [0.2, 0.25) is 0 Å². The fourth-order valence-corrected chi connectivity index (χ4v) is 1.62. The van der Waals surface area contributed by atoms with E-state index in [1.54, 1.807) is 24.3 Å². The van der Waals surface area contributed by atoms with Crippen molar-refractivity contribution in [2.75, 3.05) is 0 Å². The molecule has 0 spiro atoms. The molecule has 0 aliphatic carbocycles. The molecule has 1 fully saturated rings. The van der Waals surface area contributed by atoms with Gasteiger partial charge in [-0.2, -0.15) is 0 Å². The van der Waals surface area contributed by atoms with Crippen LogP contribution in [0.2, 0.25) is 5.02 Å². The Bertz CT molecular complexity index is 395. The number of epoxide rings is 1. The van der Waals surface area contributed by atoms with E-state index < -0.39 is 16.8 Å². The van der Waals surface area contributed by atoms with E-state index in [9.17, 15) is 10.1 Å². The summed E-state index contributed by atoms with van der Waals surface area (Å²) in [7, 11) is 0. The van der Waals surface area contributed by atoms with Crippen LogP contribution in [-0.2, 0) is 4.74 Å². The van der Waals surface area contributed by atoms with Crippen LogP contribution >= 0.6 is 11.6 Å². The first-order valence-corrected chi connectivity index (χ1v) is 4.50. The van der Waals surface area contributed by atoms with E-state index in [-0.39, 0.29) is 0 Å². The maximum atomic E-state index is 10.6.